The number of carbonyl (C=O) groups is 1. The minimum Gasteiger partial charge on any atom is -0.478 e. The van der Waals surface area contributed by atoms with Crippen LogP contribution < -0.4 is 0 Å². The van der Waals surface area contributed by atoms with Gasteiger partial charge in [0.05, 0.1) is 23.2 Å². The summed E-state index contributed by atoms with van der Waals surface area (Å²) >= 11 is 0. The summed E-state index contributed by atoms with van der Waals surface area (Å²) in [6.07, 6.45) is 2.40. The molecule has 2 unspecified atom stereocenters. The average Bonchev–Trinajstić information content (AvgIpc) is 2.56. The van der Waals surface area contributed by atoms with Gasteiger partial charge < -0.3 is 5.11 Å². The molecule has 1 aromatic heterocycles. The van der Waals surface area contributed by atoms with Crippen LogP contribution in [0.5, 0.6) is 0 Å². The molecule has 0 spiro atoms. The van der Waals surface area contributed by atoms with Gasteiger partial charge in [-0.2, -0.15) is 5.10 Å². The molecular weight excluding hydrogens is 244 g/mol. The Kier molecular flexibility index (Phi) is 3.61. The molecule has 1 heterocycles. The van der Waals surface area contributed by atoms with Crippen molar-refractivity contribution in [2.45, 2.75) is 32.1 Å². The molecule has 96 valence electrons. The molecule has 0 saturated heterocycles. The van der Waals surface area contributed by atoms with Crippen molar-refractivity contribution in [3.05, 3.63) is 17.5 Å². The highest BCUT2D eigenvalue weighted by molar-refractivity contribution is 7.91. The zero-order valence-corrected chi connectivity index (χ0v) is 11.0. The van der Waals surface area contributed by atoms with E-state index in [2.05, 4.69) is 5.10 Å². The van der Waals surface area contributed by atoms with Gasteiger partial charge in [-0.15, -0.1) is 0 Å². The van der Waals surface area contributed by atoms with E-state index in [1.54, 1.807) is 20.8 Å². The van der Waals surface area contributed by atoms with Crippen LogP contribution in [0.15, 0.2) is 6.20 Å². The zero-order chi connectivity index (χ0) is 13.4. The second kappa shape index (κ2) is 4.48. The SMILES string of the molecule is Cc1c(C(=O)O)cnn1C(C)C(C)S(C)(=O)=O. The van der Waals surface area contributed by atoms with Crippen molar-refractivity contribution in [1.29, 1.82) is 0 Å². The van der Waals surface area contributed by atoms with Crippen LogP contribution in [0.1, 0.15) is 35.9 Å². The van der Waals surface area contributed by atoms with Gasteiger partial charge >= 0.3 is 5.97 Å². The van der Waals surface area contributed by atoms with Crippen LogP contribution in [0.3, 0.4) is 0 Å². The first-order valence-corrected chi connectivity index (χ1v) is 7.08. The number of rotatable bonds is 4. The third-order valence-corrected chi connectivity index (χ3v) is 4.76. The fourth-order valence-electron chi connectivity index (χ4n) is 1.60. The lowest BCUT2D eigenvalue weighted by Gasteiger charge is -2.20. The molecule has 0 radical (unpaired) electrons. The number of aromatic nitrogens is 2. The molecule has 0 aliphatic heterocycles. The van der Waals surface area contributed by atoms with Gasteiger partial charge in [-0.25, -0.2) is 13.2 Å². The largest absolute Gasteiger partial charge is 0.478 e. The van der Waals surface area contributed by atoms with Gasteiger partial charge in [-0.1, -0.05) is 0 Å². The van der Waals surface area contributed by atoms with E-state index in [4.69, 9.17) is 5.11 Å². The highest BCUT2D eigenvalue weighted by Gasteiger charge is 2.26. The van der Waals surface area contributed by atoms with Gasteiger partial charge in [0, 0.05) is 6.26 Å². The smallest absolute Gasteiger partial charge is 0.339 e. The van der Waals surface area contributed by atoms with E-state index in [1.807, 2.05) is 0 Å². The van der Waals surface area contributed by atoms with Crippen molar-refractivity contribution in [3.63, 3.8) is 0 Å². The first kappa shape index (κ1) is 13.7. The summed E-state index contributed by atoms with van der Waals surface area (Å²) in [7, 11) is -3.19. The number of hydrogen-bond acceptors (Lipinski definition) is 4. The zero-order valence-electron chi connectivity index (χ0n) is 10.2. The number of carboxylic acid groups (broad SMARTS) is 1. The molecule has 1 rings (SSSR count). The van der Waals surface area contributed by atoms with E-state index < -0.39 is 27.1 Å². The van der Waals surface area contributed by atoms with Crippen LogP contribution in [0.25, 0.3) is 0 Å². The Hall–Kier alpha value is -1.37. The Morgan fingerprint density at radius 2 is 2.00 bits per heavy atom. The summed E-state index contributed by atoms with van der Waals surface area (Å²) in [5.41, 5.74) is 0.554. The van der Waals surface area contributed by atoms with Crippen molar-refractivity contribution < 1.29 is 18.3 Å². The molecule has 1 aromatic rings. The monoisotopic (exact) mass is 260 g/mol. The highest BCUT2D eigenvalue weighted by Crippen LogP contribution is 2.20. The molecule has 0 aliphatic carbocycles. The first-order valence-electron chi connectivity index (χ1n) is 5.12. The minimum absolute atomic E-state index is 0.0950. The molecule has 0 aliphatic rings. The lowest BCUT2D eigenvalue weighted by Crippen LogP contribution is -2.28. The van der Waals surface area contributed by atoms with Gasteiger partial charge in [0.1, 0.15) is 5.56 Å². The van der Waals surface area contributed by atoms with Gasteiger partial charge in [0.2, 0.25) is 0 Å². The summed E-state index contributed by atoms with van der Waals surface area (Å²) in [4.78, 5) is 10.9. The summed E-state index contributed by atoms with van der Waals surface area (Å²) in [6, 6.07) is -0.405. The molecular formula is C10H16N2O4S. The summed E-state index contributed by atoms with van der Waals surface area (Å²) in [6.45, 7) is 4.90. The predicted octanol–water partition coefficient (Wildman–Crippen LogP) is 0.884. The molecule has 17 heavy (non-hydrogen) atoms. The molecule has 0 fully saturated rings. The van der Waals surface area contributed by atoms with Crippen molar-refractivity contribution in [2.24, 2.45) is 0 Å². The van der Waals surface area contributed by atoms with E-state index in [0.29, 0.717) is 5.69 Å². The van der Waals surface area contributed by atoms with Crippen molar-refractivity contribution >= 4 is 15.8 Å². The topological polar surface area (TPSA) is 89.3 Å². The molecule has 0 aromatic carbocycles. The molecule has 7 heteroatoms. The quantitative estimate of drug-likeness (QED) is 0.868. The molecule has 1 N–H and O–H groups in total. The normalized spacial score (nSPS) is 15.5. The lowest BCUT2D eigenvalue weighted by molar-refractivity contribution is 0.0696. The molecule has 0 saturated carbocycles. The van der Waals surface area contributed by atoms with Crippen molar-refractivity contribution in [1.82, 2.24) is 9.78 Å². The highest BCUT2D eigenvalue weighted by atomic mass is 32.2. The van der Waals surface area contributed by atoms with E-state index >= 15 is 0 Å². The summed E-state index contributed by atoms with van der Waals surface area (Å²) in [5.74, 6) is -1.06. The number of hydrogen-bond donors (Lipinski definition) is 1. The predicted molar refractivity (Wildman–Crippen MR) is 62.9 cm³/mol. The van der Waals surface area contributed by atoms with Gasteiger partial charge in [-0.3, -0.25) is 4.68 Å². The van der Waals surface area contributed by atoms with Gasteiger partial charge in [-0.05, 0) is 20.8 Å². The lowest BCUT2D eigenvalue weighted by atomic mass is 10.2. The molecule has 2 atom stereocenters. The molecule has 6 nitrogen and oxygen atoms in total. The first-order chi connectivity index (χ1) is 7.66. The van der Waals surface area contributed by atoms with Crippen molar-refractivity contribution in [2.75, 3.05) is 6.26 Å². The maximum atomic E-state index is 11.4. The average molecular weight is 260 g/mol. The maximum absolute atomic E-state index is 11.4. The van der Waals surface area contributed by atoms with Crippen LogP contribution in [0.4, 0.5) is 0 Å². The molecule has 0 amide bonds. The second-order valence-corrected chi connectivity index (χ2v) is 6.57. The Morgan fingerprint density at radius 1 is 1.47 bits per heavy atom. The number of nitrogens with zero attached hydrogens (tertiary/aromatic N) is 2. The van der Waals surface area contributed by atoms with E-state index in [1.165, 1.54) is 10.9 Å². The van der Waals surface area contributed by atoms with Gasteiger partial charge in [0.25, 0.3) is 0 Å². The third-order valence-electron chi connectivity index (χ3n) is 3.02. The number of aromatic carboxylic acids is 1. The van der Waals surface area contributed by atoms with Crippen LogP contribution in [-0.2, 0) is 9.84 Å². The van der Waals surface area contributed by atoms with Crippen molar-refractivity contribution in [3.8, 4) is 0 Å². The summed E-state index contributed by atoms with van der Waals surface area (Å²) in [5, 5.41) is 12.2. The number of carboxylic acids is 1. The Balaban J connectivity index is 3.14. The van der Waals surface area contributed by atoms with Crippen LogP contribution in [-0.4, -0.2) is 40.8 Å². The number of sulfone groups is 1. The van der Waals surface area contributed by atoms with Crippen LogP contribution in [0, 0.1) is 6.92 Å². The molecule has 0 bridgehead atoms. The fourth-order valence-corrected chi connectivity index (χ4v) is 2.43. The second-order valence-electron chi connectivity index (χ2n) is 4.17. The van der Waals surface area contributed by atoms with E-state index in [0.717, 1.165) is 6.26 Å². The third kappa shape index (κ3) is 2.66. The minimum atomic E-state index is -3.19. The maximum Gasteiger partial charge on any atom is 0.339 e. The fraction of sp³-hybridized carbons (Fsp3) is 0.600. The van der Waals surface area contributed by atoms with Crippen LogP contribution >= 0.6 is 0 Å². The van der Waals surface area contributed by atoms with Gasteiger partial charge in [0.15, 0.2) is 9.84 Å². The Labute approximate surface area is 100 Å². The Morgan fingerprint density at radius 3 is 2.35 bits per heavy atom. The van der Waals surface area contributed by atoms with Crippen LogP contribution in [0.2, 0.25) is 0 Å². The van der Waals surface area contributed by atoms with E-state index in [-0.39, 0.29) is 5.56 Å². The van der Waals surface area contributed by atoms with E-state index in [9.17, 15) is 13.2 Å². The summed E-state index contributed by atoms with van der Waals surface area (Å²) < 4.78 is 24.3. The standard InChI is InChI=1S/C10H16N2O4S/c1-6(8(3)17(4,15)16)12-7(2)9(5-11-12)10(13)14/h5-6,8H,1-4H3,(H,13,14). The Bertz CT molecular complexity index is 533.